The van der Waals surface area contributed by atoms with Gasteiger partial charge in [-0.2, -0.15) is 4.31 Å². The molecule has 1 unspecified atom stereocenters. The van der Waals surface area contributed by atoms with Gasteiger partial charge in [0.1, 0.15) is 15.7 Å². The molecule has 0 saturated carbocycles. The fraction of sp³-hybridized carbons (Fsp3) is 0.500. The smallest absolute Gasteiger partial charge is 0.253 e. The number of hydrogen-bond donors (Lipinski definition) is 0. The van der Waals surface area contributed by atoms with Crippen molar-refractivity contribution in [1.29, 1.82) is 0 Å². The summed E-state index contributed by atoms with van der Waals surface area (Å²) >= 11 is 4.56. The summed E-state index contributed by atoms with van der Waals surface area (Å²) in [5.41, 5.74) is 0.722. The molecule has 0 aliphatic carbocycles. The number of thiophene rings is 1. The lowest BCUT2D eigenvalue weighted by Gasteiger charge is -2.21. The van der Waals surface area contributed by atoms with Crippen LogP contribution in [0.5, 0.6) is 0 Å². The van der Waals surface area contributed by atoms with E-state index in [2.05, 4.69) is 28.0 Å². The molecule has 0 amide bonds. The van der Waals surface area contributed by atoms with E-state index < -0.39 is 10.0 Å². The molecule has 2 aromatic rings. The number of nitrogens with zero attached hydrogens (tertiary/aromatic N) is 2. The van der Waals surface area contributed by atoms with E-state index in [1.54, 1.807) is 16.4 Å². The first kappa shape index (κ1) is 16.2. The van der Waals surface area contributed by atoms with Gasteiger partial charge in [0.2, 0.25) is 0 Å². The van der Waals surface area contributed by atoms with Crippen molar-refractivity contribution >= 4 is 37.3 Å². The summed E-state index contributed by atoms with van der Waals surface area (Å²) in [4.78, 5) is 0. The second kappa shape index (κ2) is 6.43. The highest BCUT2D eigenvalue weighted by atomic mass is 79.9. The highest BCUT2D eigenvalue weighted by Gasteiger charge is 2.38. The van der Waals surface area contributed by atoms with Crippen LogP contribution >= 0.6 is 27.3 Å². The van der Waals surface area contributed by atoms with Gasteiger partial charge in [0.05, 0.1) is 9.83 Å². The Kier molecular flexibility index (Phi) is 4.72. The van der Waals surface area contributed by atoms with Crippen LogP contribution in [0.15, 0.2) is 30.7 Å². The maximum atomic E-state index is 12.8. The molecule has 22 heavy (non-hydrogen) atoms. The lowest BCUT2D eigenvalue weighted by molar-refractivity contribution is 0.344. The van der Waals surface area contributed by atoms with Gasteiger partial charge in [0.25, 0.3) is 10.0 Å². The van der Waals surface area contributed by atoms with E-state index in [9.17, 15) is 8.42 Å². The van der Waals surface area contributed by atoms with Crippen molar-refractivity contribution in [3.05, 3.63) is 33.4 Å². The first-order valence-corrected chi connectivity index (χ1v) is 10.3. The van der Waals surface area contributed by atoms with Gasteiger partial charge in [-0.1, -0.05) is 12.1 Å². The van der Waals surface area contributed by atoms with E-state index in [0.717, 1.165) is 40.9 Å². The minimum Gasteiger partial charge on any atom is -0.361 e. The quantitative estimate of drug-likeness (QED) is 0.755. The standard InChI is InChI=1S/C14H17BrN2O3S2/c1-2-4-10-9-11(16-20-10)12-5-3-8-17(12)22(18,19)14-7-6-13(15)21-14/h6-7,9,12H,2-5,8H2,1H3. The van der Waals surface area contributed by atoms with Crippen LogP contribution in [-0.2, 0) is 16.4 Å². The summed E-state index contributed by atoms with van der Waals surface area (Å²) in [7, 11) is -3.48. The summed E-state index contributed by atoms with van der Waals surface area (Å²) in [6.45, 7) is 2.60. The van der Waals surface area contributed by atoms with Crippen molar-refractivity contribution in [3.8, 4) is 0 Å². The Morgan fingerprint density at radius 1 is 1.50 bits per heavy atom. The van der Waals surface area contributed by atoms with Crippen LogP contribution < -0.4 is 0 Å². The summed E-state index contributed by atoms with van der Waals surface area (Å²) in [5, 5.41) is 4.09. The molecule has 8 heteroatoms. The average molecular weight is 405 g/mol. The van der Waals surface area contributed by atoms with Gasteiger partial charge >= 0.3 is 0 Å². The molecular formula is C14H17BrN2O3S2. The van der Waals surface area contributed by atoms with E-state index in [1.165, 1.54) is 11.3 Å². The first-order chi connectivity index (χ1) is 10.5. The Morgan fingerprint density at radius 2 is 2.32 bits per heavy atom. The van der Waals surface area contributed by atoms with E-state index in [0.29, 0.717) is 10.8 Å². The van der Waals surface area contributed by atoms with Crippen LogP contribution in [0.4, 0.5) is 0 Å². The molecule has 0 aromatic carbocycles. The summed E-state index contributed by atoms with van der Waals surface area (Å²) < 4.78 is 33.7. The monoisotopic (exact) mass is 404 g/mol. The number of hydrogen-bond acceptors (Lipinski definition) is 5. The van der Waals surface area contributed by atoms with Crippen molar-refractivity contribution in [1.82, 2.24) is 9.46 Å². The molecule has 1 fully saturated rings. The third-order valence-corrected chi connectivity index (χ3v) is 7.73. The molecular weight excluding hydrogens is 388 g/mol. The van der Waals surface area contributed by atoms with Gasteiger partial charge in [-0.15, -0.1) is 11.3 Å². The molecule has 1 aliphatic heterocycles. The molecule has 0 spiro atoms. The fourth-order valence-corrected chi connectivity index (χ4v) is 6.53. The highest BCUT2D eigenvalue weighted by Crippen LogP contribution is 2.38. The average Bonchev–Trinajstić information content (AvgIpc) is 3.17. The Hall–Kier alpha value is -0.700. The molecule has 1 saturated heterocycles. The minimum absolute atomic E-state index is 0.222. The third kappa shape index (κ3) is 3.02. The zero-order chi connectivity index (χ0) is 15.7. The molecule has 3 heterocycles. The Morgan fingerprint density at radius 3 is 3.00 bits per heavy atom. The van der Waals surface area contributed by atoms with Crippen molar-refractivity contribution < 1.29 is 12.9 Å². The molecule has 3 rings (SSSR count). The molecule has 1 atom stereocenters. The molecule has 0 radical (unpaired) electrons. The SMILES string of the molecule is CCCc1cc(C2CCCN2S(=O)(=O)c2ccc(Br)s2)no1. The summed E-state index contributed by atoms with van der Waals surface area (Å²) in [6.07, 6.45) is 3.42. The van der Waals surface area contributed by atoms with Crippen molar-refractivity contribution in [2.75, 3.05) is 6.54 Å². The number of rotatable bonds is 5. The number of aryl methyl sites for hydroxylation is 1. The highest BCUT2D eigenvalue weighted by molar-refractivity contribution is 9.11. The van der Waals surface area contributed by atoms with Gasteiger partial charge in [0.15, 0.2) is 0 Å². The van der Waals surface area contributed by atoms with Crippen molar-refractivity contribution in [2.24, 2.45) is 0 Å². The van der Waals surface area contributed by atoms with Crippen LogP contribution in [0.25, 0.3) is 0 Å². The zero-order valence-corrected chi connectivity index (χ0v) is 15.4. The normalized spacial score (nSPS) is 19.8. The molecule has 5 nitrogen and oxygen atoms in total. The maximum Gasteiger partial charge on any atom is 0.253 e. The van der Waals surface area contributed by atoms with Crippen molar-refractivity contribution in [3.63, 3.8) is 0 Å². The van der Waals surface area contributed by atoms with Gasteiger partial charge in [0, 0.05) is 19.0 Å². The number of sulfonamides is 1. The van der Waals surface area contributed by atoms with Crippen molar-refractivity contribution in [2.45, 2.75) is 42.9 Å². The maximum absolute atomic E-state index is 12.8. The number of halogens is 1. The lowest BCUT2D eigenvalue weighted by Crippen LogP contribution is -2.30. The van der Waals surface area contributed by atoms with Crippen LogP contribution in [-0.4, -0.2) is 24.4 Å². The Labute approximate surface area is 142 Å². The van der Waals surface area contributed by atoms with E-state index in [1.807, 2.05) is 6.07 Å². The molecule has 0 bridgehead atoms. The fourth-order valence-electron chi connectivity index (χ4n) is 2.73. The van der Waals surface area contributed by atoms with Crippen LogP contribution in [0, 0.1) is 0 Å². The Bertz CT molecular complexity index is 754. The molecule has 2 aromatic heterocycles. The van der Waals surface area contributed by atoms with E-state index in [-0.39, 0.29) is 6.04 Å². The topological polar surface area (TPSA) is 63.4 Å². The van der Waals surface area contributed by atoms with E-state index >= 15 is 0 Å². The minimum atomic E-state index is -3.48. The van der Waals surface area contributed by atoms with Gasteiger partial charge in [-0.05, 0) is 47.3 Å². The predicted molar refractivity (Wildman–Crippen MR) is 88.4 cm³/mol. The zero-order valence-electron chi connectivity index (χ0n) is 12.2. The first-order valence-electron chi connectivity index (χ1n) is 7.25. The summed E-state index contributed by atoms with van der Waals surface area (Å²) in [6, 6.07) is 5.08. The summed E-state index contributed by atoms with van der Waals surface area (Å²) in [5.74, 6) is 0.820. The lowest BCUT2D eigenvalue weighted by atomic mass is 10.1. The Balaban J connectivity index is 1.89. The predicted octanol–water partition coefficient (Wildman–Crippen LogP) is 3.98. The largest absolute Gasteiger partial charge is 0.361 e. The van der Waals surface area contributed by atoms with Crippen LogP contribution in [0.1, 0.15) is 43.7 Å². The number of aromatic nitrogens is 1. The third-order valence-electron chi connectivity index (χ3n) is 3.73. The van der Waals surface area contributed by atoms with Gasteiger partial charge < -0.3 is 4.52 Å². The molecule has 120 valence electrons. The van der Waals surface area contributed by atoms with Crippen LogP contribution in [0.3, 0.4) is 0 Å². The second-order valence-corrected chi connectivity index (χ2v) is 9.88. The second-order valence-electron chi connectivity index (χ2n) is 5.30. The van der Waals surface area contributed by atoms with Gasteiger partial charge in [-0.3, -0.25) is 0 Å². The van der Waals surface area contributed by atoms with E-state index in [4.69, 9.17) is 4.52 Å². The molecule has 0 N–H and O–H groups in total. The van der Waals surface area contributed by atoms with Crippen LogP contribution in [0.2, 0.25) is 0 Å². The van der Waals surface area contributed by atoms with Gasteiger partial charge in [-0.25, -0.2) is 8.42 Å². The molecule has 1 aliphatic rings.